The first-order valence-electron chi connectivity index (χ1n) is 8.77. The van der Waals surface area contributed by atoms with Crippen LogP contribution in [0.15, 0.2) is 11.6 Å². The van der Waals surface area contributed by atoms with Gasteiger partial charge in [0.2, 0.25) is 12.3 Å². The second-order valence-electron chi connectivity index (χ2n) is 6.69. The van der Waals surface area contributed by atoms with Gasteiger partial charge in [-0.2, -0.15) is 0 Å². The molecule has 7 nitrogen and oxygen atoms in total. The fourth-order valence-electron chi connectivity index (χ4n) is 3.20. The van der Waals surface area contributed by atoms with Crippen molar-refractivity contribution in [1.29, 1.82) is 0 Å². The molecule has 2 unspecified atom stereocenters. The number of hydrogen-bond donors (Lipinski definition) is 2. The third kappa shape index (κ3) is 4.94. The van der Waals surface area contributed by atoms with E-state index < -0.39 is 6.04 Å². The number of carbonyl (C=O) groups excluding carboxylic acids is 2. The highest BCUT2D eigenvalue weighted by molar-refractivity contribution is 6.30. The summed E-state index contributed by atoms with van der Waals surface area (Å²) in [4.78, 5) is 33.1. The summed E-state index contributed by atoms with van der Waals surface area (Å²) in [6, 6.07) is -0.513. The van der Waals surface area contributed by atoms with Crippen molar-refractivity contribution in [2.45, 2.75) is 46.1 Å². The van der Waals surface area contributed by atoms with Crippen LogP contribution in [0.25, 0.3) is 0 Å². The third-order valence-electron chi connectivity index (χ3n) is 4.87. The average molecular weight is 380 g/mol. The number of rotatable bonds is 6. The minimum absolute atomic E-state index is 0.0685. The fraction of sp³-hybridized carbons (Fsp3) is 0.556. The topological polar surface area (TPSA) is 101 Å². The van der Waals surface area contributed by atoms with Crippen molar-refractivity contribution < 1.29 is 9.59 Å². The molecule has 0 aromatic carbocycles. The fourth-order valence-corrected chi connectivity index (χ4v) is 3.52. The molecule has 1 aliphatic rings. The van der Waals surface area contributed by atoms with Crippen LogP contribution < -0.4 is 11.1 Å². The van der Waals surface area contributed by atoms with Gasteiger partial charge in [-0.25, -0.2) is 9.97 Å². The molecular weight excluding hydrogens is 354 g/mol. The van der Waals surface area contributed by atoms with Crippen molar-refractivity contribution in [2.24, 2.45) is 5.92 Å². The van der Waals surface area contributed by atoms with Gasteiger partial charge in [-0.15, -0.1) is 0 Å². The van der Waals surface area contributed by atoms with Gasteiger partial charge in [-0.1, -0.05) is 23.3 Å². The van der Waals surface area contributed by atoms with E-state index in [2.05, 4.69) is 28.3 Å². The molecule has 1 aromatic heterocycles. The van der Waals surface area contributed by atoms with Crippen LogP contribution in [0.3, 0.4) is 0 Å². The van der Waals surface area contributed by atoms with Crippen molar-refractivity contribution >= 4 is 29.7 Å². The molecule has 3 N–H and O–H groups in total. The highest BCUT2D eigenvalue weighted by Gasteiger charge is 2.24. The van der Waals surface area contributed by atoms with Crippen LogP contribution in [-0.2, 0) is 16.0 Å². The van der Waals surface area contributed by atoms with Gasteiger partial charge in [0.05, 0.1) is 0 Å². The van der Waals surface area contributed by atoms with Crippen LogP contribution >= 0.6 is 11.6 Å². The Balaban J connectivity index is 2.00. The normalized spacial score (nSPS) is 18.7. The van der Waals surface area contributed by atoms with E-state index in [1.54, 1.807) is 18.7 Å². The van der Waals surface area contributed by atoms with Gasteiger partial charge >= 0.3 is 0 Å². The van der Waals surface area contributed by atoms with Gasteiger partial charge in [0, 0.05) is 18.7 Å². The summed E-state index contributed by atoms with van der Waals surface area (Å²) in [5.74, 6) is 1.26. The number of carbonyl (C=O) groups is 2. The standard InChI is InChI=1S/C18H26ClN5O2/c1-11-6-8-24(18(26)12(2)21-10-25)9-7-14(11)4-5-15-16(19)22-13(3)23-17(15)20/h6,10,12,14H,4-5,7-9H2,1-3H3,(H,21,25)(H2,20,22,23). The van der Waals surface area contributed by atoms with Crippen LogP contribution in [0.5, 0.6) is 0 Å². The summed E-state index contributed by atoms with van der Waals surface area (Å²) in [6.07, 6.45) is 5.05. The lowest BCUT2D eigenvalue weighted by atomic mass is 9.91. The Bertz CT molecular complexity index is 684. The molecule has 1 aliphatic heterocycles. The maximum absolute atomic E-state index is 12.4. The van der Waals surface area contributed by atoms with Gasteiger partial charge in [0.25, 0.3) is 0 Å². The first kappa shape index (κ1) is 20.2. The Hall–Kier alpha value is -2.15. The van der Waals surface area contributed by atoms with E-state index in [-0.39, 0.29) is 5.91 Å². The second-order valence-corrected chi connectivity index (χ2v) is 7.05. The molecule has 2 atom stereocenters. The van der Waals surface area contributed by atoms with E-state index in [0.29, 0.717) is 48.6 Å². The summed E-state index contributed by atoms with van der Waals surface area (Å²) in [6.45, 7) is 6.74. The van der Waals surface area contributed by atoms with E-state index in [1.807, 2.05) is 0 Å². The first-order valence-corrected chi connectivity index (χ1v) is 9.14. The molecule has 142 valence electrons. The zero-order valence-electron chi connectivity index (χ0n) is 15.5. The number of aryl methyl sites for hydroxylation is 1. The monoisotopic (exact) mass is 379 g/mol. The van der Waals surface area contributed by atoms with Crippen LogP contribution in [0.4, 0.5) is 5.82 Å². The number of nitrogens with one attached hydrogen (secondary N) is 1. The summed E-state index contributed by atoms with van der Waals surface area (Å²) in [7, 11) is 0. The van der Waals surface area contributed by atoms with Crippen LogP contribution in [0.1, 0.15) is 38.1 Å². The molecule has 0 saturated heterocycles. The SMILES string of the molecule is CC1=CCN(C(=O)C(C)NC=O)CCC1CCc1c(N)nc(C)nc1Cl. The predicted molar refractivity (Wildman–Crippen MR) is 102 cm³/mol. The van der Waals surface area contributed by atoms with Crippen molar-refractivity contribution in [2.75, 3.05) is 18.8 Å². The number of amides is 2. The highest BCUT2D eigenvalue weighted by atomic mass is 35.5. The molecule has 0 fully saturated rings. The van der Waals surface area contributed by atoms with Crippen LogP contribution in [0, 0.1) is 12.8 Å². The number of nitrogens with zero attached hydrogens (tertiary/aromatic N) is 3. The zero-order chi connectivity index (χ0) is 19.3. The van der Waals surface area contributed by atoms with Crippen molar-refractivity contribution in [3.63, 3.8) is 0 Å². The number of nitrogens with two attached hydrogens (primary N) is 1. The smallest absolute Gasteiger partial charge is 0.245 e. The zero-order valence-corrected chi connectivity index (χ0v) is 16.2. The number of anilines is 1. The van der Waals surface area contributed by atoms with E-state index in [0.717, 1.165) is 18.4 Å². The quantitative estimate of drug-likeness (QED) is 0.446. The van der Waals surface area contributed by atoms with Crippen molar-refractivity contribution in [3.05, 3.63) is 28.2 Å². The van der Waals surface area contributed by atoms with Crippen LogP contribution in [-0.4, -0.2) is 46.3 Å². The molecular formula is C18H26ClN5O2. The van der Waals surface area contributed by atoms with E-state index in [1.165, 1.54) is 5.57 Å². The molecule has 0 radical (unpaired) electrons. The second kappa shape index (κ2) is 8.98. The Morgan fingerprint density at radius 2 is 2.23 bits per heavy atom. The molecule has 2 amide bonds. The van der Waals surface area contributed by atoms with Gasteiger partial charge in [0.1, 0.15) is 22.8 Å². The summed E-state index contributed by atoms with van der Waals surface area (Å²) >= 11 is 6.22. The average Bonchev–Trinajstić information content (AvgIpc) is 2.75. The molecule has 8 heteroatoms. The minimum Gasteiger partial charge on any atom is -0.383 e. The number of hydrogen-bond acceptors (Lipinski definition) is 5. The van der Waals surface area contributed by atoms with Gasteiger partial charge in [-0.05, 0) is 46.0 Å². The largest absolute Gasteiger partial charge is 0.383 e. The summed E-state index contributed by atoms with van der Waals surface area (Å²) in [5.41, 5.74) is 8.02. The number of aromatic nitrogens is 2. The number of allylic oxidation sites excluding steroid dienone is 1. The number of nitrogen functional groups attached to an aromatic ring is 1. The molecule has 2 rings (SSSR count). The van der Waals surface area contributed by atoms with Crippen LogP contribution in [0.2, 0.25) is 5.15 Å². The van der Waals surface area contributed by atoms with Gasteiger partial charge < -0.3 is 16.0 Å². The summed E-state index contributed by atoms with van der Waals surface area (Å²) < 4.78 is 0. The van der Waals surface area contributed by atoms with Gasteiger partial charge in [0.15, 0.2) is 0 Å². The predicted octanol–water partition coefficient (Wildman–Crippen LogP) is 1.88. The molecule has 2 heterocycles. The van der Waals surface area contributed by atoms with Crippen molar-refractivity contribution in [1.82, 2.24) is 20.2 Å². The highest BCUT2D eigenvalue weighted by Crippen LogP contribution is 2.28. The lowest BCUT2D eigenvalue weighted by Crippen LogP contribution is -2.44. The molecule has 0 aliphatic carbocycles. The lowest BCUT2D eigenvalue weighted by Gasteiger charge is -2.24. The van der Waals surface area contributed by atoms with Crippen molar-refractivity contribution in [3.8, 4) is 0 Å². The Kier molecular flexibility index (Phi) is 6.97. The molecule has 1 aromatic rings. The van der Waals surface area contributed by atoms with Gasteiger partial charge in [-0.3, -0.25) is 9.59 Å². The Morgan fingerprint density at radius 3 is 2.88 bits per heavy atom. The Morgan fingerprint density at radius 1 is 1.50 bits per heavy atom. The lowest BCUT2D eigenvalue weighted by molar-refractivity contribution is -0.133. The molecule has 26 heavy (non-hydrogen) atoms. The van der Waals surface area contributed by atoms with E-state index in [9.17, 15) is 9.59 Å². The number of halogens is 1. The molecule has 0 spiro atoms. The summed E-state index contributed by atoms with van der Waals surface area (Å²) in [5, 5.41) is 2.93. The maximum atomic E-state index is 12.4. The first-order chi connectivity index (χ1) is 12.3. The van der Waals surface area contributed by atoms with E-state index >= 15 is 0 Å². The maximum Gasteiger partial charge on any atom is 0.245 e. The Labute approximate surface area is 159 Å². The third-order valence-corrected chi connectivity index (χ3v) is 5.18. The molecule has 0 bridgehead atoms. The minimum atomic E-state index is -0.513. The van der Waals surface area contributed by atoms with E-state index in [4.69, 9.17) is 17.3 Å². The molecule has 0 saturated carbocycles.